The normalized spacial score (nSPS) is 22.9. The summed E-state index contributed by atoms with van der Waals surface area (Å²) in [5, 5.41) is 3.52. The van der Waals surface area contributed by atoms with Crippen LogP contribution in [0.1, 0.15) is 24.2 Å². The van der Waals surface area contributed by atoms with Crippen molar-refractivity contribution in [2.24, 2.45) is 0 Å². The van der Waals surface area contributed by atoms with Gasteiger partial charge in [0.1, 0.15) is 0 Å². The van der Waals surface area contributed by atoms with Crippen molar-refractivity contribution in [3.05, 3.63) is 29.6 Å². The highest BCUT2D eigenvalue weighted by atomic mass is 16.5. The summed E-state index contributed by atoms with van der Waals surface area (Å²) in [5.74, 6) is 0. The van der Waals surface area contributed by atoms with Crippen molar-refractivity contribution < 1.29 is 4.74 Å². The number of aryl methyl sites for hydroxylation is 1. The Kier molecular flexibility index (Phi) is 4.69. The molecule has 1 aliphatic rings. The molecule has 0 radical (unpaired) electrons. The Morgan fingerprint density at radius 2 is 2.39 bits per heavy atom. The second kappa shape index (κ2) is 6.27. The van der Waals surface area contributed by atoms with Gasteiger partial charge < -0.3 is 15.0 Å². The Morgan fingerprint density at radius 1 is 1.56 bits per heavy atom. The average molecular weight is 249 g/mol. The molecule has 0 saturated carbocycles. The third-order valence-electron chi connectivity index (χ3n) is 3.39. The summed E-state index contributed by atoms with van der Waals surface area (Å²) in [6.45, 7) is 7.86. The van der Waals surface area contributed by atoms with E-state index >= 15 is 0 Å². The van der Waals surface area contributed by atoms with Crippen LogP contribution in [0, 0.1) is 6.92 Å². The minimum Gasteiger partial charge on any atom is -0.374 e. The molecule has 1 fully saturated rings. The molecule has 2 unspecified atom stereocenters. The summed E-state index contributed by atoms with van der Waals surface area (Å²) < 4.78 is 5.92. The third-order valence-corrected chi connectivity index (χ3v) is 3.39. The van der Waals surface area contributed by atoms with Gasteiger partial charge in [-0.2, -0.15) is 0 Å². The number of aromatic nitrogens is 1. The molecular formula is C14H23N3O. The fourth-order valence-corrected chi connectivity index (χ4v) is 2.36. The van der Waals surface area contributed by atoms with Gasteiger partial charge in [0.05, 0.1) is 18.8 Å². The van der Waals surface area contributed by atoms with E-state index in [1.807, 2.05) is 13.1 Å². The molecule has 1 saturated heterocycles. The molecule has 1 aromatic rings. The van der Waals surface area contributed by atoms with Crippen molar-refractivity contribution in [1.82, 2.24) is 15.2 Å². The third kappa shape index (κ3) is 3.28. The van der Waals surface area contributed by atoms with Crippen LogP contribution in [0.4, 0.5) is 0 Å². The van der Waals surface area contributed by atoms with Crippen LogP contribution in [0.5, 0.6) is 0 Å². The lowest BCUT2D eigenvalue weighted by atomic mass is 10.0. The lowest BCUT2D eigenvalue weighted by Crippen LogP contribution is -2.46. The topological polar surface area (TPSA) is 37.4 Å². The molecule has 0 spiro atoms. The van der Waals surface area contributed by atoms with Crippen LogP contribution in [0.2, 0.25) is 0 Å². The zero-order valence-electron chi connectivity index (χ0n) is 11.5. The SMILES string of the molecule is CCNC(c1ccc(C)nc1)C1CN(C)CCO1. The molecule has 0 amide bonds. The predicted molar refractivity (Wildman–Crippen MR) is 72.6 cm³/mol. The number of rotatable bonds is 4. The van der Waals surface area contributed by atoms with Gasteiger partial charge in [0.2, 0.25) is 0 Å². The van der Waals surface area contributed by atoms with Gasteiger partial charge >= 0.3 is 0 Å². The van der Waals surface area contributed by atoms with Crippen molar-refractivity contribution in [3.63, 3.8) is 0 Å². The van der Waals surface area contributed by atoms with E-state index in [1.165, 1.54) is 5.56 Å². The summed E-state index contributed by atoms with van der Waals surface area (Å²) >= 11 is 0. The summed E-state index contributed by atoms with van der Waals surface area (Å²) in [7, 11) is 2.14. The highest BCUT2D eigenvalue weighted by molar-refractivity contribution is 5.19. The van der Waals surface area contributed by atoms with Gasteiger partial charge in [-0.1, -0.05) is 13.0 Å². The van der Waals surface area contributed by atoms with Gasteiger partial charge in [-0.3, -0.25) is 4.98 Å². The molecule has 4 nitrogen and oxygen atoms in total. The lowest BCUT2D eigenvalue weighted by molar-refractivity contribution is -0.0390. The first-order valence-corrected chi connectivity index (χ1v) is 6.66. The predicted octanol–water partition coefficient (Wildman–Crippen LogP) is 1.37. The number of ether oxygens (including phenoxy) is 1. The fourth-order valence-electron chi connectivity index (χ4n) is 2.36. The quantitative estimate of drug-likeness (QED) is 0.874. The van der Waals surface area contributed by atoms with E-state index in [2.05, 4.69) is 41.3 Å². The fraction of sp³-hybridized carbons (Fsp3) is 0.643. The van der Waals surface area contributed by atoms with Crippen LogP contribution in [-0.2, 0) is 4.74 Å². The van der Waals surface area contributed by atoms with Crippen LogP contribution in [0.15, 0.2) is 18.3 Å². The highest BCUT2D eigenvalue weighted by Crippen LogP contribution is 2.21. The molecule has 100 valence electrons. The first-order chi connectivity index (χ1) is 8.70. The molecular weight excluding hydrogens is 226 g/mol. The number of nitrogens with one attached hydrogen (secondary N) is 1. The number of pyridine rings is 1. The van der Waals surface area contributed by atoms with Crippen LogP contribution in [0.3, 0.4) is 0 Å². The van der Waals surface area contributed by atoms with Crippen LogP contribution >= 0.6 is 0 Å². The number of morpholine rings is 1. The number of hydrogen-bond donors (Lipinski definition) is 1. The largest absolute Gasteiger partial charge is 0.374 e. The lowest BCUT2D eigenvalue weighted by Gasteiger charge is -2.35. The monoisotopic (exact) mass is 249 g/mol. The van der Waals surface area contributed by atoms with Gasteiger partial charge in [-0.15, -0.1) is 0 Å². The van der Waals surface area contributed by atoms with E-state index in [-0.39, 0.29) is 12.1 Å². The van der Waals surface area contributed by atoms with Gasteiger partial charge in [-0.25, -0.2) is 0 Å². The molecule has 1 aliphatic heterocycles. The van der Waals surface area contributed by atoms with E-state index in [0.717, 1.165) is 31.9 Å². The van der Waals surface area contributed by atoms with Gasteiger partial charge in [0, 0.05) is 25.0 Å². The van der Waals surface area contributed by atoms with Crippen molar-refractivity contribution in [2.75, 3.05) is 33.3 Å². The van der Waals surface area contributed by atoms with Gasteiger partial charge in [-0.05, 0) is 32.1 Å². The first-order valence-electron chi connectivity index (χ1n) is 6.66. The molecule has 0 bridgehead atoms. The van der Waals surface area contributed by atoms with E-state index in [4.69, 9.17) is 4.74 Å². The Labute approximate surface area is 109 Å². The maximum Gasteiger partial charge on any atom is 0.0897 e. The minimum absolute atomic E-state index is 0.202. The summed E-state index contributed by atoms with van der Waals surface area (Å²) in [6.07, 6.45) is 2.16. The number of hydrogen-bond acceptors (Lipinski definition) is 4. The zero-order chi connectivity index (χ0) is 13.0. The minimum atomic E-state index is 0.202. The van der Waals surface area contributed by atoms with E-state index < -0.39 is 0 Å². The Morgan fingerprint density at radius 3 is 3.00 bits per heavy atom. The average Bonchev–Trinajstić information content (AvgIpc) is 2.37. The van der Waals surface area contributed by atoms with Crippen molar-refractivity contribution >= 4 is 0 Å². The Balaban J connectivity index is 2.13. The van der Waals surface area contributed by atoms with Crippen molar-refractivity contribution in [3.8, 4) is 0 Å². The number of likely N-dealkylation sites (N-methyl/N-ethyl adjacent to an activating group) is 2. The summed E-state index contributed by atoms with van der Waals surface area (Å²) in [4.78, 5) is 6.71. The van der Waals surface area contributed by atoms with Gasteiger partial charge in [0.25, 0.3) is 0 Å². The van der Waals surface area contributed by atoms with Gasteiger partial charge in [0.15, 0.2) is 0 Å². The second-order valence-corrected chi connectivity index (χ2v) is 4.94. The van der Waals surface area contributed by atoms with Crippen LogP contribution in [-0.4, -0.2) is 49.3 Å². The maximum absolute atomic E-state index is 5.92. The van der Waals surface area contributed by atoms with Crippen LogP contribution in [0.25, 0.3) is 0 Å². The van der Waals surface area contributed by atoms with Crippen molar-refractivity contribution in [1.29, 1.82) is 0 Å². The van der Waals surface area contributed by atoms with Crippen molar-refractivity contribution in [2.45, 2.75) is 26.0 Å². The van der Waals surface area contributed by atoms with E-state index in [0.29, 0.717) is 0 Å². The standard InChI is InChI=1S/C14H23N3O/c1-4-15-14(12-6-5-11(2)16-9-12)13-10-17(3)7-8-18-13/h5-6,9,13-15H,4,7-8,10H2,1-3H3. The molecule has 1 N–H and O–H groups in total. The summed E-state index contributed by atoms with van der Waals surface area (Å²) in [6, 6.07) is 4.44. The number of nitrogens with zero attached hydrogens (tertiary/aromatic N) is 2. The molecule has 1 aromatic heterocycles. The second-order valence-electron chi connectivity index (χ2n) is 4.94. The molecule has 18 heavy (non-hydrogen) atoms. The molecule has 2 atom stereocenters. The zero-order valence-corrected chi connectivity index (χ0v) is 11.5. The summed E-state index contributed by atoms with van der Waals surface area (Å²) in [5.41, 5.74) is 2.26. The molecule has 0 aliphatic carbocycles. The Hall–Kier alpha value is -0.970. The Bertz CT molecular complexity index is 366. The smallest absolute Gasteiger partial charge is 0.0897 e. The molecule has 0 aromatic carbocycles. The van der Waals surface area contributed by atoms with Crippen LogP contribution < -0.4 is 5.32 Å². The van der Waals surface area contributed by atoms with E-state index in [9.17, 15) is 0 Å². The van der Waals surface area contributed by atoms with E-state index in [1.54, 1.807) is 0 Å². The first kappa shape index (κ1) is 13.5. The molecule has 2 heterocycles. The highest BCUT2D eigenvalue weighted by Gasteiger charge is 2.27. The maximum atomic E-state index is 5.92. The molecule has 4 heteroatoms. The molecule has 2 rings (SSSR count).